The fourth-order valence-electron chi connectivity index (χ4n) is 4.24. The van der Waals surface area contributed by atoms with E-state index in [0.717, 1.165) is 18.4 Å². The van der Waals surface area contributed by atoms with E-state index in [-0.39, 0.29) is 18.0 Å². The number of alkyl halides is 3. The van der Waals surface area contributed by atoms with Gasteiger partial charge in [-0.25, -0.2) is 4.79 Å². The molecule has 0 bridgehead atoms. The van der Waals surface area contributed by atoms with Crippen molar-refractivity contribution in [1.29, 1.82) is 0 Å². The molecular formula is C20H28F3N3O3. The van der Waals surface area contributed by atoms with Gasteiger partial charge in [0.1, 0.15) is 11.5 Å². The zero-order chi connectivity index (χ0) is 21.0. The third kappa shape index (κ3) is 5.46. The number of urea groups is 1. The molecule has 29 heavy (non-hydrogen) atoms. The number of nitrogens with zero attached hydrogens (tertiary/aromatic N) is 2. The lowest BCUT2D eigenvalue weighted by Gasteiger charge is -2.27. The minimum atomic E-state index is -4.18. The van der Waals surface area contributed by atoms with Gasteiger partial charge in [-0.2, -0.15) is 13.2 Å². The normalized spacial score (nSPS) is 22.7. The first-order valence-electron chi connectivity index (χ1n) is 9.86. The topological polar surface area (TPSA) is 54.0 Å². The summed E-state index contributed by atoms with van der Waals surface area (Å²) in [6, 6.07) is 5.29. The number of halogens is 3. The van der Waals surface area contributed by atoms with Gasteiger partial charge in [0.05, 0.1) is 26.8 Å². The minimum Gasteiger partial charge on any atom is -0.497 e. The number of benzene rings is 1. The molecule has 0 radical (unpaired) electrons. The summed E-state index contributed by atoms with van der Waals surface area (Å²) >= 11 is 0. The van der Waals surface area contributed by atoms with Gasteiger partial charge in [0, 0.05) is 31.3 Å². The van der Waals surface area contributed by atoms with Crippen LogP contribution < -0.4 is 14.8 Å². The second kappa shape index (κ2) is 9.11. The first kappa shape index (κ1) is 21.5. The lowest BCUT2D eigenvalue weighted by atomic mass is 10.0. The SMILES string of the molecule is COc1ccc(C2CCCN2C(=O)NCC2CCN(CC(F)(F)F)C2)c(OC)c1. The fourth-order valence-corrected chi connectivity index (χ4v) is 4.24. The molecule has 2 aliphatic rings. The number of carbonyl (C=O) groups excluding carboxylic acids is 1. The maximum Gasteiger partial charge on any atom is 0.401 e. The number of methoxy groups -OCH3 is 2. The van der Waals surface area contributed by atoms with E-state index in [9.17, 15) is 18.0 Å². The zero-order valence-corrected chi connectivity index (χ0v) is 16.8. The number of hydrogen-bond acceptors (Lipinski definition) is 4. The van der Waals surface area contributed by atoms with E-state index in [2.05, 4.69) is 5.32 Å². The summed E-state index contributed by atoms with van der Waals surface area (Å²) in [6.07, 6.45) is -1.81. The Balaban J connectivity index is 1.57. The number of nitrogens with one attached hydrogen (secondary N) is 1. The van der Waals surface area contributed by atoms with Crippen LogP contribution in [0, 0.1) is 5.92 Å². The largest absolute Gasteiger partial charge is 0.497 e. The summed E-state index contributed by atoms with van der Waals surface area (Å²) in [5, 5.41) is 2.92. The Hall–Kier alpha value is -2.16. The Kier molecular flexibility index (Phi) is 6.77. The van der Waals surface area contributed by atoms with E-state index in [1.54, 1.807) is 25.2 Å². The summed E-state index contributed by atoms with van der Waals surface area (Å²) in [5.41, 5.74) is 0.929. The molecule has 3 rings (SSSR count). The van der Waals surface area contributed by atoms with Crippen molar-refractivity contribution in [2.75, 3.05) is 46.9 Å². The van der Waals surface area contributed by atoms with Gasteiger partial charge < -0.3 is 19.7 Å². The van der Waals surface area contributed by atoms with Crippen molar-refractivity contribution in [3.05, 3.63) is 23.8 Å². The van der Waals surface area contributed by atoms with Gasteiger partial charge in [0.2, 0.25) is 0 Å². The summed E-state index contributed by atoms with van der Waals surface area (Å²) < 4.78 is 48.3. The summed E-state index contributed by atoms with van der Waals surface area (Å²) in [6.45, 7) is 0.903. The van der Waals surface area contributed by atoms with E-state index < -0.39 is 12.7 Å². The molecule has 0 spiro atoms. The smallest absolute Gasteiger partial charge is 0.401 e. The number of amides is 2. The van der Waals surface area contributed by atoms with Crippen LogP contribution in [0.2, 0.25) is 0 Å². The average Bonchev–Trinajstić information content (AvgIpc) is 3.33. The third-order valence-corrected chi connectivity index (χ3v) is 5.63. The van der Waals surface area contributed by atoms with Gasteiger partial charge in [0.25, 0.3) is 0 Å². The highest BCUT2D eigenvalue weighted by atomic mass is 19.4. The quantitative estimate of drug-likeness (QED) is 0.774. The number of ether oxygens (including phenoxy) is 2. The minimum absolute atomic E-state index is 0.0397. The van der Waals surface area contributed by atoms with Crippen LogP contribution in [0.4, 0.5) is 18.0 Å². The molecule has 9 heteroatoms. The predicted molar refractivity (Wildman–Crippen MR) is 102 cm³/mol. The molecule has 2 saturated heterocycles. The van der Waals surface area contributed by atoms with Crippen molar-refractivity contribution in [1.82, 2.24) is 15.1 Å². The van der Waals surface area contributed by atoms with Crippen LogP contribution in [0.15, 0.2) is 18.2 Å². The standard InChI is InChI=1S/C20H28F3N3O3/c1-28-15-5-6-16(18(10-15)29-2)17-4-3-8-26(17)19(27)24-11-14-7-9-25(12-14)13-20(21,22)23/h5-6,10,14,17H,3-4,7-9,11-13H2,1-2H3,(H,24,27). The third-order valence-electron chi connectivity index (χ3n) is 5.63. The van der Waals surface area contributed by atoms with Crippen molar-refractivity contribution >= 4 is 6.03 Å². The van der Waals surface area contributed by atoms with Crippen LogP contribution in [0.1, 0.15) is 30.9 Å². The molecule has 0 aliphatic carbocycles. The van der Waals surface area contributed by atoms with Crippen molar-refractivity contribution < 1.29 is 27.4 Å². The first-order chi connectivity index (χ1) is 13.8. The lowest BCUT2D eigenvalue weighted by Crippen LogP contribution is -2.42. The number of hydrogen-bond donors (Lipinski definition) is 1. The van der Waals surface area contributed by atoms with Gasteiger partial charge >= 0.3 is 12.2 Å². The van der Waals surface area contributed by atoms with E-state index in [0.29, 0.717) is 44.1 Å². The lowest BCUT2D eigenvalue weighted by molar-refractivity contribution is -0.143. The summed E-state index contributed by atoms with van der Waals surface area (Å²) in [7, 11) is 3.17. The average molecular weight is 415 g/mol. The van der Waals surface area contributed by atoms with E-state index in [1.165, 1.54) is 4.90 Å². The number of rotatable bonds is 6. The van der Waals surface area contributed by atoms with Crippen LogP contribution in [0.3, 0.4) is 0 Å². The molecule has 2 heterocycles. The highest BCUT2D eigenvalue weighted by molar-refractivity contribution is 5.75. The second-order valence-electron chi connectivity index (χ2n) is 7.65. The highest BCUT2D eigenvalue weighted by Gasteiger charge is 2.35. The van der Waals surface area contributed by atoms with E-state index in [1.807, 2.05) is 12.1 Å². The molecule has 2 atom stereocenters. The maximum atomic E-state index is 12.8. The van der Waals surface area contributed by atoms with Crippen molar-refractivity contribution in [3.63, 3.8) is 0 Å². The Morgan fingerprint density at radius 1 is 1.21 bits per heavy atom. The maximum absolute atomic E-state index is 12.8. The summed E-state index contributed by atoms with van der Waals surface area (Å²) in [5.74, 6) is 1.40. The Morgan fingerprint density at radius 3 is 2.69 bits per heavy atom. The Labute approximate surface area is 168 Å². The second-order valence-corrected chi connectivity index (χ2v) is 7.65. The molecular weight excluding hydrogens is 387 g/mol. The summed E-state index contributed by atoms with van der Waals surface area (Å²) in [4.78, 5) is 16.0. The van der Waals surface area contributed by atoms with Gasteiger partial charge in [-0.1, -0.05) is 0 Å². The molecule has 1 aromatic carbocycles. The van der Waals surface area contributed by atoms with Crippen molar-refractivity contribution in [3.8, 4) is 11.5 Å². The molecule has 0 aromatic heterocycles. The fraction of sp³-hybridized carbons (Fsp3) is 0.650. The van der Waals surface area contributed by atoms with Crippen LogP contribution >= 0.6 is 0 Å². The number of likely N-dealkylation sites (tertiary alicyclic amines) is 2. The molecule has 2 unspecified atom stereocenters. The van der Waals surface area contributed by atoms with Crippen LogP contribution in [-0.2, 0) is 0 Å². The molecule has 1 N–H and O–H groups in total. The van der Waals surface area contributed by atoms with Crippen molar-refractivity contribution in [2.45, 2.75) is 31.5 Å². The van der Waals surface area contributed by atoms with Crippen LogP contribution in [0.25, 0.3) is 0 Å². The molecule has 162 valence electrons. The van der Waals surface area contributed by atoms with Gasteiger partial charge in [0.15, 0.2) is 0 Å². The number of carbonyl (C=O) groups is 1. The molecule has 2 aliphatic heterocycles. The Morgan fingerprint density at radius 2 is 2.00 bits per heavy atom. The highest BCUT2D eigenvalue weighted by Crippen LogP contribution is 2.38. The zero-order valence-electron chi connectivity index (χ0n) is 16.8. The Bertz CT molecular complexity index is 714. The van der Waals surface area contributed by atoms with Gasteiger partial charge in [-0.3, -0.25) is 4.90 Å². The van der Waals surface area contributed by atoms with Gasteiger partial charge in [-0.05, 0) is 43.9 Å². The monoisotopic (exact) mass is 415 g/mol. The molecule has 6 nitrogen and oxygen atoms in total. The van der Waals surface area contributed by atoms with Crippen LogP contribution in [0.5, 0.6) is 11.5 Å². The van der Waals surface area contributed by atoms with Crippen LogP contribution in [-0.4, -0.2) is 69.0 Å². The van der Waals surface area contributed by atoms with Gasteiger partial charge in [-0.15, -0.1) is 0 Å². The van der Waals surface area contributed by atoms with E-state index in [4.69, 9.17) is 9.47 Å². The van der Waals surface area contributed by atoms with Crippen molar-refractivity contribution in [2.24, 2.45) is 5.92 Å². The first-order valence-corrected chi connectivity index (χ1v) is 9.86. The molecule has 1 aromatic rings. The molecule has 2 fully saturated rings. The predicted octanol–water partition coefficient (Wildman–Crippen LogP) is 3.43. The molecule has 2 amide bonds. The molecule has 0 saturated carbocycles. The van der Waals surface area contributed by atoms with E-state index >= 15 is 0 Å².